The summed E-state index contributed by atoms with van der Waals surface area (Å²) in [7, 11) is -4.59. The predicted molar refractivity (Wildman–Crippen MR) is 35.9 cm³/mol. The van der Waals surface area contributed by atoms with Gasteiger partial charge in [-0.2, -0.15) is 8.42 Å². The van der Waals surface area contributed by atoms with Crippen LogP contribution in [0.15, 0.2) is 5.16 Å². The minimum absolute atomic E-state index is 0.226. The Morgan fingerprint density at radius 2 is 2.27 bits per heavy atom. The van der Waals surface area contributed by atoms with Crippen molar-refractivity contribution in [3.05, 3.63) is 0 Å². The molecule has 0 heterocycles. The van der Waals surface area contributed by atoms with Crippen LogP contribution < -0.4 is 5.73 Å². The first-order valence-corrected chi connectivity index (χ1v) is 3.94. The van der Waals surface area contributed by atoms with Crippen LogP contribution in [-0.2, 0) is 19.4 Å². The number of hydrogen-bond donors (Lipinski definition) is 2. The molecule has 0 saturated heterocycles. The van der Waals surface area contributed by atoms with Crippen LogP contribution in [-0.4, -0.2) is 25.6 Å². The molecule has 7 nitrogen and oxygen atoms in total. The Kier molecular flexibility index (Phi) is 3.61. The maximum absolute atomic E-state index is 9.86. The van der Waals surface area contributed by atoms with Gasteiger partial charge >= 0.3 is 16.4 Å². The van der Waals surface area contributed by atoms with Gasteiger partial charge in [-0.15, -0.1) is 0 Å². The molecule has 0 rings (SSSR count). The maximum Gasteiger partial charge on any atom is 0.466 e. The normalized spacial score (nSPS) is 12.7. The number of nitrogens with two attached hydrogens (primary N) is 1. The molecule has 0 saturated carbocycles. The van der Waals surface area contributed by atoms with Gasteiger partial charge in [-0.05, 0) is 12.1 Å². The first-order valence-electron chi connectivity index (χ1n) is 2.58. The van der Waals surface area contributed by atoms with Crippen molar-refractivity contribution in [2.24, 2.45) is 10.9 Å². The van der Waals surface area contributed by atoms with E-state index in [-0.39, 0.29) is 6.61 Å². The van der Waals surface area contributed by atoms with Crippen molar-refractivity contribution in [2.45, 2.75) is 6.92 Å². The summed E-state index contributed by atoms with van der Waals surface area (Å²) in [5.74, 6) is 0. The highest BCUT2D eigenvalue weighted by Gasteiger charge is 2.03. The smallest absolute Gasteiger partial charge is 0.464 e. The fourth-order valence-corrected chi connectivity index (χ4v) is 0.426. The molecule has 0 bridgehead atoms. The molecule has 0 aromatic heterocycles. The van der Waals surface area contributed by atoms with Gasteiger partial charge in [0.15, 0.2) is 0 Å². The number of nitrogens with zero attached hydrogens (tertiary/aromatic N) is 1. The molecule has 0 aromatic rings. The molecule has 0 unspecified atom stereocenters. The third-order valence-corrected chi connectivity index (χ3v) is 0.777. The zero-order valence-corrected chi connectivity index (χ0v) is 6.54. The molecule has 0 aliphatic carbocycles. The highest BCUT2D eigenvalue weighted by Crippen LogP contribution is 1.86. The summed E-state index contributed by atoms with van der Waals surface area (Å²) in [6, 6.07) is -0.467. The lowest BCUT2D eigenvalue weighted by Gasteiger charge is -1.97. The van der Waals surface area contributed by atoms with Crippen LogP contribution in [0.25, 0.3) is 0 Å². The summed E-state index contributed by atoms with van der Waals surface area (Å²) in [5.41, 5.74) is 4.92. The van der Waals surface area contributed by atoms with Gasteiger partial charge in [0.05, 0.1) is 6.61 Å². The van der Waals surface area contributed by atoms with Gasteiger partial charge in [0.2, 0.25) is 0 Å². The zero-order chi connectivity index (χ0) is 8.91. The third kappa shape index (κ3) is 6.87. The number of rotatable bonds is 3. The van der Waals surface area contributed by atoms with Gasteiger partial charge in [-0.1, -0.05) is 0 Å². The Morgan fingerprint density at radius 3 is 2.64 bits per heavy atom. The van der Waals surface area contributed by atoms with Gasteiger partial charge in [-0.3, -0.25) is 4.55 Å². The molecule has 0 aromatic carbocycles. The average Bonchev–Trinajstić information content (AvgIpc) is 1.83. The van der Waals surface area contributed by atoms with E-state index in [0.29, 0.717) is 0 Å². The molecule has 0 aliphatic heterocycles. The Bertz CT molecular complexity index is 232. The van der Waals surface area contributed by atoms with Crippen molar-refractivity contribution in [3.8, 4) is 0 Å². The van der Waals surface area contributed by atoms with Crippen LogP contribution in [0, 0.1) is 0 Å². The van der Waals surface area contributed by atoms with Crippen LogP contribution in [0.2, 0.25) is 0 Å². The number of hydrogen-bond acceptors (Lipinski definition) is 5. The highest BCUT2D eigenvalue weighted by atomic mass is 32.3. The van der Waals surface area contributed by atoms with Crippen molar-refractivity contribution in [1.82, 2.24) is 0 Å². The van der Waals surface area contributed by atoms with Gasteiger partial charge in [0.25, 0.3) is 0 Å². The van der Waals surface area contributed by atoms with Crippen LogP contribution in [0.1, 0.15) is 6.92 Å². The topological polar surface area (TPSA) is 111 Å². The molecular formula is C3H8N2O5S. The van der Waals surface area contributed by atoms with E-state index >= 15 is 0 Å². The van der Waals surface area contributed by atoms with Crippen LogP contribution in [0.4, 0.5) is 0 Å². The van der Waals surface area contributed by atoms with Crippen LogP contribution in [0.5, 0.6) is 0 Å². The van der Waals surface area contributed by atoms with E-state index in [0.717, 1.165) is 0 Å². The average molecular weight is 184 g/mol. The Balaban J connectivity index is 3.93. The Labute approximate surface area is 63.7 Å². The van der Waals surface area contributed by atoms with E-state index in [1.807, 2.05) is 0 Å². The Morgan fingerprint density at radius 1 is 1.73 bits per heavy atom. The molecule has 0 atom stereocenters. The summed E-state index contributed by atoms with van der Waals surface area (Å²) in [4.78, 5) is 0. The van der Waals surface area contributed by atoms with Crippen LogP contribution >= 0.6 is 0 Å². The van der Waals surface area contributed by atoms with Crippen molar-refractivity contribution in [1.29, 1.82) is 0 Å². The first-order chi connectivity index (χ1) is 4.95. The highest BCUT2D eigenvalue weighted by molar-refractivity contribution is 7.80. The standard InChI is InChI=1S/C3H8N2O5S/c1-2-9-3(4)5-10-11(6,7)8/h2H2,1H3,(H2,4,5)(H,6,7,8). The fraction of sp³-hybridized carbons (Fsp3) is 0.667. The van der Waals surface area contributed by atoms with Gasteiger partial charge in [0, 0.05) is 0 Å². The largest absolute Gasteiger partial charge is 0.466 e. The second-order valence-electron chi connectivity index (χ2n) is 1.36. The van der Waals surface area contributed by atoms with E-state index in [1.54, 1.807) is 6.92 Å². The lowest BCUT2D eigenvalue weighted by Crippen LogP contribution is -2.17. The van der Waals surface area contributed by atoms with Crippen molar-refractivity contribution >= 4 is 16.4 Å². The van der Waals surface area contributed by atoms with E-state index in [2.05, 4.69) is 14.2 Å². The molecule has 3 N–H and O–H groups in total. The quantitative estimate of drug-likeness (QED) is 0.254. The zero-order valence-electron chi connectivity index (χ0n) is 5.72. The van der Waals surface area contributed by atoms with E-state index in [4.69, 9.17) is 10.3 Å². The predicted octanol–water partition coefficient (Wildman–Crippen LogP) is -0.928. The molecule has 11 heavy (non-hydrogen) atoms. The number of oxime groups is 1. The molecule has 66 valence electrons. The number of amidine groups is 1. The summed E-state index contributed by atoms with van der Waals surface area (Å²) in [6.07, 6.45) is 0. The summed E-state index contributed by atoms with van der Waals surface area (Å²) >= 11 is 0. The Hall–Kier alpha value is -1.02. The molecular weight excluding hydrogens is 176 g/mol. The second kappa shape index (κ2) is 3.98. The van der Waals surface area contributed by atoms with E-state index in [9.17, 15) is 8.42 Å². The third-order valence-electron chi connectivity index (χ3n) is 0.514. The van der Waals surface area contributed by atoms with Gasteiger partial charge < -0.3 is 10.5 Å². The van der Waals surface area contributed by atoms with E-state index in [1.165, 1.54) is 0 Å². The lowest BCUT2D eigenvalue weighted by atomic mass is 10.9. The first kappa shape index (κ1) is 9.98. The maximum atomic E-state index is 9.86. The summed E-state index contributed by atoms with van der Waals surface area (Å²) in [5, 5.41) is 2.72. The van der Waals surface area contributed by atoms with Crippen molar-refractivity contribution in [2.75, 3.05) is 6.61 Å². The lowest BCUT2D eigenvalue weighted by molar-refractivity contribution is 0.250. The van der Waals surface area contributed by atoms with Gasteiger partial charge in [-0.25, -0.2) is 4.28 Å². The molecule has 0 radical (unpaired) electrons. The second-order valence-corrected chi connectivity index (χ2v) is 2.37. The molecule has 0 amide bonds. The minimum Gasteiger partial charge on any atom is -0.464 e. The van der Waals surface area contributed by atoms with Gasteiger partial charge in [0.1, 0.15) is 0 Å². The molecule has 0 fully saturated rings. The summed E-state index contributed by atoms with van der Waals surface area (Å²) < 4.78 is 35.7. The molecule has 8 heteroatoms. The SMILES string of the molecule is CCO/C(N)=N/OS(=O)(=O)O. The van der Waals surface area contributed by atoms with Crippen molar-refractivity contribution in [3.63, 3.8) is 0 Å². The molecule has 0 spiro atoms. The number of ether oxygens (including phenoxy) is 1. The fourth-order valence-electron chi connectivity index (χ4n) is 0.258. The molecule has 0 aliphatic rings. The van der Waals surface area contributed by atoms with Crippen LogP contribution in [0.3, 0.4) is 0 Å². The minimum atomic E-state index is -4.59. The van der Waals surface area contributed by atoms with E-state index < -0.39 is 16.4 Å². The monoisotopic (exact) mass is 184 g/mol. The summed E-state index contributed by atoms with van der Waals surface area (Å²) in [6.45, 7) is 1.85. The van der Waals surface area contributed by atoms with Crippen molar-refractivity contribution < 1.29 is 22.0 Å².